The van der Waals surface area contributed by atoms with Crippen molar-refractivity contribution >= 4 is 16.8 Å². The lowest BCUT2D eigenvalue weighted by molar-refractivity contribution is 0.170. The molecule has 4 nitrogen and oxygen atoms in total. The van der Waals surface area contributed by atoms with Gasteiger partial charge in [-0.25, -0.2) is 4.79 Å². The highest BCUT2D eigenvalue weighted by Gasteiger charge is 2.08. The predicted octanol–water partition coefficient (Wildman–Crippen LogP) is 3.24. The van der Waals surface area contributed by atoms with Gasteiger partial charge in [-0.05, 0) is 21.9 Å². The molecule has 1 unspecified atom stereocenters. The minimum Gasteiger partial charge on any atom is -0.391 e. The van der Waals surface area contributed by atoms with E-state index in [4.69, 9.17) is 0 Å². The van der Waals surface area contributed by atoms with E-state index in [2.05, 4.69) is 22.8 Å². The predicted molar refractivity (Wildman–Crippen MR) is 100 cm³/mol. The topological polar surface area (TPSA) is 61.4 Å². The molecule has 0 aliphatic heterocycles. The fourth-order valence-electron chi connectivity index (χ4n) is 2.85. The summed E-state index contributed by atoms with van der Waals surface area (Å²) in [6.45, 7) is 0.665. The van der Waals surface area contributed by atoms with E-state index in [1.807, 2.05) is 60.7 Å². The Labute approximate surface area is 147 Å². The third-order valence-electron chi connectivity index (χ3n) is 4.13. The molecule has 0 aliphatic carbocycles. The van der Waals surface area contributed by atoms with Gasteiger partial charge >= 0.3 is 6.03 Å². The van der Waals surface area contributed by atoms with Crippen molar-refractivity contribution in [2.45, 2.75) is 19.1 Å². The van der Waals surface area contributed by atoms with Crippen LogP contribution in [0, 0.1) is 0 Å². The largest absolute Gasteiger partial charge is 0.391 e. The number of carbonyl (C=O) groups excluding carboxylic acids is 1. The lowest BCUT2D eigenvalue weighted by Crippen LogP contribution is -2.40. The van der Waals surface area contributed by atoms with Gasteiger partial charge in [-0.15, -0.1) is 0 Å². The van der Waals surface area contributed by atoms with Crippen LogP contribution in [-0.4, -0.2) is 23.8 Å². The van der Waals surface area contributed by atoms with Gasteiger partial charge in [-0.3, -0.25) is 0 Å². The average molecular weight is 334 g/mol. The van der Waals surface area contributed by atoms with Crippen LogP contribution in [0.5, 0.6) is 0 Å². The summed E-state index contributed by atoms with van der Waals surface area (Å²) >= 11 is 0. The number of aliphatic hydroxyl groups is 1. The molecule has 4 heteroatoms. The summed E-state index contributed by atoms with van der Waals surface area (Å²) in [6, 6.07) is 23.6. The van der Waals surface area contributed by atoms with Gasteiger partial charge in [0.1, 0.15) is 0 Å². The van der Waals surface area contributed by atoms with Gasteiger partial charge in [-0.2, -0.15) is 0 Å². The van der Waals surface area contributed by atoms with E-state index in [0.29, 0.717) is 13.0 Å². The summed E-state index contributed by atoms with van der Waals surface area (Å²) in [7, 11) is 0. The fourth-order valence-corrected chi connectivity index (χ4v) is 2.85. The number of urea groups is 1. The number of hydrogen-bond acceptors (Lipinski definition) is 2. The number of rotatable bonds is 6. The SMILES string of the molecule is O=C(NCc1cccc2ccccc12)NCC(O)Cc1ccccc1. The molecule has 0 saturated carbocycles. The number of benzene rings is 3. The van der Waals surface area contributed by atoms with Gasteiger partial charge in [0.15, 0.2) is 0 Å². The van der Waals surface area contributed by atoms with E-state index in [1.165, 1.54) is 0 Å². The summed E-state index contributed by atoms with van der Waals surface area (Å²) in [5.74, 6) is 0. The minimum atomic E-state index is -0.606. The molecule has 0 bridgehead atoms. The number of nitrogens with one attached hydrogen (secondary N) is 2. The van der Waals surface area contributed by atoms with Gasteiger partial charge < -0.3 is 15.7 Å². The molecule has 0 fully saturated rings. The van der Waals surface area contributed by atoms with Crippen molar-refractivity contribution in [2.24, 2.45) is 0 Å². The van der Waals surface area contributed by atoms with Crippen molar-refractivity contribution in [3.8, 4) is 0 Å². The Kier molecular flexibility index (Phi) is 5.65. The molecule has 3 N–H and O–H groups in total. The first-order valence-corrected chi connectivity index (χ1v) is 8.43. The molecular formula is C21H22N2O2. The summed E-state index contributed by atoms with van der Waals surface area (Å²) < 4.78 is 0. The minimum absolute atomic E-state index is 0.219. The Hall–Kier alpha value is -2.85. The molecule has 3 rings (SSSR count). The summed E-state index contributed by atoms with van der Waals surface area (Å²) in [5.41, 5.74) is 2.12. The van der Waals surface area contributed by atoms with E-state index in [0.717, 1.165) is 21.9 Å². The van der Waals surface area contributed by atoms with Gasteiger partial charge in [0.2, 0.25) is 0 Å². The highest BCUT2D eigenvalue weighted by molar-refractivity contribution is 5.86. The number of fused-ring (bicyclic) bond motifs is 1. The molecule has 3 aromatic carbocycles. The van der Waals surface area contributed by atoms with Crippen LogP contribution in [0.4, 0.5) is 4.79 Å². The van der Waals surface area contributed by atoms with E-state index in [1.54, 1.807) is 0 Å². The van der Waals surface area contributed by atoms with Crippen LogP contribution < -0.4 is 10.6 Å². The average Bonchev–Trinajstić information content (AvgIpc) is 2.65. The molecule has 0 spiro atoms. The van der Waals surface area contributed by atoms with Crippen molar-refractivity contribution in [1.29, 1.82) is 0 Å². The third kappa shape index (κ3) is 4.81. The van der Waals surface area contributed by atoms with E-state index in [-0.39, 0.29) is 12.6 Å². The summed E-state index contributed by atoms with van der Waals surface area (Å²) in [5, 5.41) is 17.9. The Morgan fingerprint density at radius 1 is 0.880 bits per heavy atom. The highest BCUT2D eigenvalue weighted by atomic mass is 16.3. The second-order valence-corrected chi connectivity index (χ2v) is 6.05. The Morgan fingerprint density at radius 2 is 1.60 bits per heavy atom. The summed E-state index contributed by atoms with van der Waals surface area (Å²) in [6.07, 6.45) is -0.0875. The second kappa shape index (κ2) is 8.31. The molecule has 0 heterocycles. The second-order valence-electron chi connectivity index (χ2n) is 6.05. The fraction of sp³-hybridized carbons (Fsp3) is 0.190. The van der Waals surface area contributed by atoms with Gasteiger partial charge in [0.25, 0.3) is 0 Å². The molecule has 0 aliphatic rings. The van der Waals surface area contributed by atoms with Crippen molar-refractivity contribution in [3.05, 3.63) is 83.9 Å². The van der Waals surface area contributed by atoms with E-state index < -0.39 is 6.10 Å². The van der Waals surface area contributed by atoms with Crippen molar-refractivity contribution < 1.29 is 9.90 Å². The first-order chi connectivity index (χ1) is 12.2. The maximum atomic E-state index is 12.0. The Bertz CT molecular complexity index is 828. The normalized spacial score (nSPS) is 11.9. The number of carbonyl (C=O) groups is 1. The molecule has 25 heavy (non-hydrogen) atoms. The number of amides is 2. The monoisotopic (exact) mass is 334 g/mol. The zero-order chi connectivity index (χ0) is 17.5. The van der Waals surface area contributed by atoms with E-state index in [9.17, 15) is 9.90 Å². The Balaban J connectivity index is 1.48. The standard InChI is InChI=1S/C21H22N2O2/c24-19(13-16-7-2-1-3-8-16)15-23-21(25)22-14-18-11-6-10-17-9-4-5-12-20(17)18/h1-12,19,24H,13-15H2,(H2,22,23,25). The van der Waals surface area contributed by atoms with Crippen LogP contribution in [0.3, 0.4) is 0 Å². The van der Waals surface area contributed by atoms with E-state index >= 15 is 0 Å². The first-order valence-electron chi connectivity index (χ1n) is 8.43. The molecule has 1 atom stereocenters. The molecular weight excluding hydrogens is 312 g/mol. The number of hydrogen-bond donors (Lipinski definition) is 3. The van der Waals surface area contributed by atoms with Crippen LogP contribution in [0.25, 0.3) is 10.8 Å². The van der Waals surface area contributed by atoms with Gasteiger partial charge in [-0.1, -0.05) is 72.8 Å². The van der Waals surface area contributed by atoms with Crippen LogP contribution in [-0.2, 0) is 13.0 Å². The maximum absolute atomic E-state index is 12.0. The molecule has 0 saturated heterocycles. The molecule has 0 radical (unpaired) electrons. The lowest BCUT2D eigenvalue weighted by atomic mass is 10.0. The molecule has 3 aromatic rings. The smallest absolute Gasteiger partial charge is 0.315 e. The van der Waals surface area contributed by atoms with Crippen LogP contribution in [0.15, 0.2) is 72.8 Å². The summed E-state index contributed by atoms with van der Waals surface area (Å²) in [4.78, 5) is 12.0. The zero-order valence-corrected chi connectivity index (χ0v) is 14.0. The first kappa shape index (κ1) is 17.0. The molecule has 2 amide bonds. The van der Waals surface area contributed by atoms with Crippen LogP contribution in [0.1, 0.15) is 11.1 Å². The Morgan fingerprint density at radius 3 is 2.44 bits per heavy atom. The van der Waals surface area contributed by atoms with Gasteiger partial charge in [0, 0.05) is 19.5 Å². The highest BCUT2D eigenvalue weighted by Crippen LogP contribution is 2.18. The lowest BCUT2D eigenvalue weighted by Gasteiger charge is -2.13. The van der Waals surface area contributed by atoms with Crippen LogP contribution in [0.2, 0.25) is 0 Å². The molecule has 0 aromatic heterocycles. The zero-order valence-electron chi connectivity index (χ0n) is 14.0. The van der Waals surface area contributed by atoms with Crippen LogP contribution >= 0.6 is 0 Å². The van der Waals surface area contributed by atoms with Crippen molar-refractivity contribution in [3.63, 3.8) is 0 Å². The third-order valence-corrected chi connectivity index (χ3v) is 4.13. The van der Waals surface area contributed by atoms with Gasteiger partial charge in [0.05, 0.1) is 6.10 Å². The maximum Gasteiger partial charge on any atom is 0.315 e. The number of aliphatic hydroxyl groups excluding tert-OH is 1. The quantitative estimate of drug-likeness (QED) is 0.648. The molecule has 128 valence electrons. The van der Waals surface area contributed by atoms with Crippen molar-refractivity contribution in [1.82, 2.24) is 10.6 Å². The van der Waals surface area contributed by atoms with Crippen molar-refractivity contribution in [2.75, 3.05) is 6.54 Å².